The first-order chi connectivity index (χ1) is 9.04. The molecule has 19 heavy (non-hydrogen) atoms. The smallest absolute Gasteiger partial charge is 0.212 e. The van der Waals surface area contributed by atoms with Gasteiger partial charge in [-0.05, 0) is 31.4 Å². The van der Waals surface area contributed by atoms with Crippen LogP contribution < -0.4 is 0 Å². The quantitative estimate of drug-likeness (QED) is 0.861. The molecule has 0 N–H and O–H groups in total. The van der Waals surface area contributed by atoms with Gasteiger partial charge in [-0.3, -0.25) is 0 Å². The number of thioether (sulfide) groups is 1. The zero-order valence-corrected chi connectivity index (χ0v) is 13.1. The first-order valence-electron chi connectivity index (χ1n) is 6.69. The molecule has 1 aromatic carbocycles. The largest absolute Gasteiger partial charge is 0.213 e. The third kappa shape index (κ3) is 3.52. The van der Waals surface area contributed by atoms with Gasteiger partial charge in [0.1, 0.15) is 0 Å². The van der Waals surface area contributed by atoms with Crippen LogP contribution in [0, 0.1) is 6.92 Å². The normalized spacial score (nSPS) is 22.1. The lowest BCUT2D eigenvalue weighted by atomic mass is 10.0. The molecular weight excluding hydrogens is 278 g/mol. The second-order valence-electron chi connectivity index (χ2n) is 4.80. The first kappa shape index (κ1) is 14.9. The lowest BCUT2D eigenvalue weighted by molar-refractivity contribution is 0.429. The number of rotatable bonds is 3. The van der Waals surface area contributed by atoms with E-state index in [-0.39, 0.29) is 5.75 Å². The molecule has 1 fully saturated rings. The molecule has 0 radical (unpaired) electrons. The van der Waals surface area contributed by atoms with Gasteiger partial charge in [0.25, 0.3) is 0 Å². The topological polar surface area (TPSA) is 37.4 Å². The minimum atomic E-state index is -3.04. The molecule has 0 bridgehead atoms. The minimum absolute atomic E-state index is 0.201. The predicted molar refractivity (Wildman–Crippen MR) is 82.0 cm³/mol. The van der Waals surface area contributed by atoms with E-state index in [2.05, 4.69) is 25.1 Å². The maximum absolute atomic E-state index is 11.9. The van der Waals surface area contributed by atoms with Crippen molar-refractivity contribution >= 4 is 21.8 Å². The van der Waals surface area contributed by atoms with Gasteiger partial charge in [0, 0.05) is 24.1 Å². The second kappa shape index (κ2) is 6.29. The highest BCUT2D eigenvalue weighted by Crippen LogP contribution is 2.36. The standard InChI is InChI=1S/C14H21NO2S2/c1-3-19(16,17)15-9-8-14(18-11-10-15)13-7-5-4-6-12(13)2/h4-7,14H,3,8-11H2,1-2H3. The van der Waals surface area contributed by atoms with Gasteiger partial charge in [-0.15, -0.1) is 0 Å². The molecule has 1 aromatic rings. The molecule has 1 heterocycles. The van der Waals surface area contributed by atoms with E-state index in [0.29, 0.717) is 18.3 Å². The summed E-state index contributed by atoms with van der Waals surface area (Å²) in [4.78, 5) is 0. The van der Waals surface area contributed by atoms with Crippen molar-refractivity contribution in [3.8, 4) is 0 Å². The number of sulfonamides is 1. The molecule has 5 heteroatoms. The molecule has 1 aliphatic heterocycles. The Kier molecular flexibility index (Phi) is 4.92. The first-order valence-corrected chi connectivity index (χ1v) is 9.35. The van der Waals surface area contributed by atoms with Crippen LogP contribution in [-0.4, -0.2) is 37.3 Å². The number of aryl methyl sites for hydroxylation is 1. The van der Waals surface area contributed by atoms with Crippen molar-refractivity contribution in [3.63, 3.8) is 0 Å². The van der Waals surface area contributed by atoms with E-state index in [1.807, 2.05) is 17.8 Å². The van der Waals surface area contributed by atoms with E-state index in [0.717, 1.165) is 12.2 Å². The molecule has 0 saturated carbocycles. The molecule has 1 unspecified atom stereocenters. The second-order valence-corrected chi connectivity index (χ2v) is 8.37. The Labute approximate surface area is 120 Å². The van der Waals surface area contributed by atoms with Crippen LogP contribution in [0.4, 0.5) is 0 Å². The van der Waals surface area contributed by atoms with Crippen molar-refractivity contribution in [3.05, 3.63) is 35.4 Å². The SMILES string of the molecule is CCS(=O)(=O)N1CCSC(c2ccccc2C)CC1. The number of nitrogens with zero attached hydrogens (tertiary/aromatic N) is 1. The lowest BCUT2D eigenvalue weighted by Gasteiger charge is -2.19. The fourth-order valence-corrected chi connectivity index (χ4v) is 4.97. The van der Waals surface area contributed by atoms with Crippen molar-refractivity contribution in [1.82, 2.24) is 4.31 Å². The zero-order chi connectivity index (χ0) is 13.9. The van der Waals surface area contributed by atoms with E-state index in [4.69, 9.17) is 0 Å². The molecular formula is C14H21NO2S2. The van der Waals surface area contributed by atoms with Crippen LogP contribution in [0.5, 0.6) is 0 Å². The highest BCUT2D eigenvalue weighted by molar-refractivity contribution is 7.99. The molecule has 3 nitrogen and oxygen atoms in total. The van der Waals surface area contributed by atoms with Crippen LogP contribution in [-0.2, 0) is 10.0 Å². The van der Waals surface area contributed by atoms with E-state index >= 15 is 0 Å². The summed E-state index contributed by atoms with van der Waals surface area (Å²) < 4.78 is 25.5. The van der Waals surface area contributed by atoms with Crippen LogP contribution in [0.2, 0.25) is 0 Å². The van der Waals surface area contributed by atoms with E-state index < -0.39 is 10.0 Å². The minimum Gasteiger partial charge on any atom is -0.212 e. The summed E-state index contributed by atoms with van der Waals surface area (Å²) in [5, 5.41) is 0.415. The van der Waals surface area contributed by atoms with Gasteiger partial charge in [0.2, 0.25) is 10.0 Å². The molecule has 1 aliphatic rings. The maximum atomic E-state index is 11.9. The van der Waals surface area contributed by atoms with E-state index in [1.165, 1.54) is 11.1 Å². The third-order valence-corrected chi connectivity index (χ3v) is 6.79. The van der Waals surface area contributed by atoms with E-state index in [9.17, 15) is 8.42 Å². The zero-order valence-electron chi connectivity index (χ0n) is 11.5. The van der Waals surface area contributed by atoms with Crippen molar-refractivity contribution in [2.24, 2.45) is 0 Å². The summed E-state index contributed by atoms with van der Waals surface area (Å²) in [5.74, 6) is 1.07. The van der Waals surface area contributed by atoms with Crippen LogP contribution in [0.15, 0.2) is 24.3 Å². The van der Waals surface area contributed by atoms with Crippen LogP contribution in [0.25, 0.3) is 0 Å². The highest BCUT2D eigenvalue weighted by atomic mass is 32.2. The number of benzene rings is 1. The Morgan fingerprint density at radius 1 is 1.32 bits per heavy atom. The average molecular weight is 299 g/mol. The summed E-state index contributed by atoms with van der Waals surface area (Å²) >= 11 is 1.88. The van der Waals surface area contributed by atoms with Gasteiger partial charge in [-0.25, -0.2) is 12.7 Å². The Hall–Kier alpha value is -0.520. The van der Waals surface area contributed by atoms with Gasteiger partial charge in [0.05, 0.1) is 5.75 Å². The van der Waals surface area contributed by atoms with Gasteiger partial charge < -0.3 is 0 Å². The molecule has 1 atom stereocenters. The Bertz CT molecular complexity index is 528. The molecule has 0 amide bonds. The summed E-state index contributed by atoms with van der Waals surface area (Å²) in [6.07, 6.45) is 0.898. The third-order valence-electron chi connectivity index (χ3n) is 3.59. The van der Waals surface area contributed by atoms with Crippen molar-refractivity contribution in [2.75, 3.05) is 24.6 Å². The summed E-state index contributed by atoms with van der Waals surface area (Å²) in [5.41, 5.74) is 2.65. The number of hydrogen-bond donors (Lipinski definition) is 0. The van der Waals surface area contributed by atoms with E-state index in [1.54, 1.807) is 11.2 Å². The molecule has 1 saturated heterocycles. The summed E-state index contributed by atoms with van der Waals surface area (Å²) in [6.45, 7) is 5.12. The Morgan fingerprint density at radius 2 is 2.05 bits per heavy atom. The highest BCUT2D eigenvalue weighted by Gasteiger charge is 2.25. The fraction of sp³-hybridized carbons (Fsp3) is 0.571. The van der Waals surface area contributed by atoms with Crippen LogP contribution in [0.1, 0.15) is 29.7 Å². The Balaban J connectivity index is 2.11. The monoisotopic (exact) mass is 299 g/mol. The average Bonchev–Trinajstić information content (AvgIpc) is 2.65. The van der Waals surface area contributed by atoms with Gasteiger partial charge >= 0.3 is 0 Å². The van der Waals surface area contributed by atoms with Crippen LogP contribution in [0.3, 0.4) is 0 Å². The lowest BCUT2D eigenvalue weighted by Crippen LogP contribution is -2.34. The molecule has 0 aromatic heterocycles. The number of hydrogen-bond acceptors (Lipinski definition) is 3. The molecule has 106 valence electrons. The fourth-order valence-electron chi connectivity index (χ4n) is 2.41. The summed E-state index contributed by atoms with van der Waals surface area (Å²) in [6, 6.07) is 8.40. The van der Waals surface area contributed by atoms with Crippen molar-refractivity contribution in [2.45, 2.75) is 25.5 Å². The summed E-state index contributed by atoms with van der Waals surface area (Å²) in [7, 11) is -3.04. The maximum Gasteiger partial charge on any atom is 0.213 e. The van der Waals surface area contributed by atoms with Crippen molar-refractivity contribution in [1.29, 1.82) is 0 Å². The van der Waals surface area contributed by atoms with Gasteiger partial charge in [-0.1, -0.05) is 24.3 Å². The van der Waals surface area contributed by atoms with Gasteiger partial charge in [-0.2, -0.15) is 11.8 Å². The van der Waals surface area contributed by atoms with Gasteiger partial charge in [0.15, 0.2) is 0 Å². The van der Waals surface area contributed by atoms with Crippen molar-refractivity contribution < 1.29 is 8.42 Å². The Morgan fingerprint density at radius 3 is 2.74 bits per heavy atom. The molecule has 0 aliphatic carbocycles. The molecule has 0 spiro atoms. The van der Waals surface area contributed by atoms with Crippen LogP contribution >= 0.6 is 11.8 Å². The molecule has 2 rings (SSSR count). The predicted octanol–water partition coefficient (Wildman–Crippen LogP) is 2.82.